The fourth-order valence-corrected chi connectivity index (χ4v) is 3.16. The van der Waals surface area contributed by atoms with E-state index in [-0.39, 0.29) is 18.3 Å². The van der Waals surface area contributed by atoms with E-state index in [1.165, 1.54) is 12.3 Å². The highest BCUT2D eigenvalue weighted by molar-refractivity contribution is 5.76. The summed E-state index contributed by atoms with van der Waals surface area (Å²) in [6, 6.07) is 6.74. The van der Waals surface area contributed by atoms with E-state index in [0.29, 0.717) is 31.6 Å². The summed E-state index contributed by atoms with van der Waals surface area (Å²) in [6.45, 7) is 1.29. The lowest BCUT2D eigenvalue weighted by Crippen LogP contribution is -2.54. The number of rotatable bonds is 6. The first-order valence-corrected chi connectivity index (χ1v) is 8.79. The molecule has 138 valence electrons. The minimum Gasteiger partial charge on any atom is -0.386 e. The first-order chi connectivity index (χ1) is 12.5. The van der Waals surface area contributed by atoms with Crippen LogP contribution in [-0.4, -0.2) is 46.2 Å². The molecule has 7 heteroatoms. The number of pyridine rings is 2. The van der Waals surface area contributed by atoms with Gasteiger partial charge in [-0.05, 0) is 43.0 Å². The van der Waals surface area contributed by atoms with E-state index in [0.717, 1.165) is 18.5 Å². The number of hydrogen-bond acceptors (Lipinski definition) is 5. The molecule has 2 aromatic rings. The highest BCUT2D eigenvalue weighted by atomic mass is 19.1. The predicted molar refractivity (Wildman–Crippen MR) is 96.2 cm³/mol. The van der Waals surface area contributed by atoms with Crippen molar-refractivity contribution in [1.29, 1.82) is 0 Å². The Hall–Kier alpha value is -2.54. The van der Waals surface area contributed by atoms with Gasteiger partial charge < -0.3 is 15.3 Å². The first kappa shape index (κ1) is 18.3. The number of aliphatic hydroxyl groups is 1. The van der Waals surface area contributed by atoms with Gasteiger partial charge in [0, 0.05) is 38.4 Å². The van der Waals surface area contributed by atoms with E-state index in [9.17, 15) is 14.3 Å². The van der Waals surface area contributed by atoms with E-state index in [1.54, 1.807) is 18.5 Å². The number of nitrogens with zero attached hydrogens (tertiary/aromatic N) is 3. The van der Waals surface area contributed by atoms with Gasteiger partial charge in [-0.1, -0.05) is 6.07 Å². The molecule has 0 aliphatic carbocycles. The normalized spacial score (nSPS) is 20.0. The minimum absolute atomic E-state index is 0.0979. The molecule has 6 nitrogen and oxygen atoms in total. The van der Waals surface area contributed by atoms with Crippen molar-refractivity contribution in [2.75, 3.05) is 24.5 Å². The molecule has 2 N–H and O–H groups in total. The Kier molecular flexibility index (Phi) is 5.78. The van der Waals surface area contributed by atoms with Gasteiger partial charge in [-0.25, -0.2) is 9.37 Å². The maximum absolute atomic E-state index is 13.0. The number of amides is 1. The summed E-state index contributed by atoms with van der Waals surface area (Å²) in [4.78, 5) is 22.1. The Bertz CT molecular complexity index is 726. The van der Waals surface area contributed by atoms with E-state index in [1.807, 2.05) is 17.0 Å². The van der Waals surface area contributed by atoms with E-state index in [4.69, 9.17) is 0 Å². The minimum atomic E-state index is -1.02. The highest BCUT2D eigenvalue weighted by Crippen LogP contribution is 2.24. The number of aromatic nitrogens is 2. The van der Waals surface area contributed by atoms with Crippen molar-refractivity contribution >= 4 is 11.7 Å². The van der Waals surface area contributed by atoms with Gasteiger partial charge >= 0.3 is 0 Å². The fourth-order valence-electron chi connectivity index (χ4n) is 3.16. The average Bonchev–Trinajstić information content (AvgIpc) is 2.66. The van der Waals surface area contributed by atoms with Gasteiger partial charge in [-0.3, -0.25) is 9.78 Å². The number of carbonyl (C=O) groups excluding carboxylic acids is 1. The third-order valence-corrected chi connectivity index (χ3v) is 4.57. The van der Waals surface area contributed by atoms with Crippen LogP contribution in [0, 0.1) is 5.82 Å². The molecule has 1 fully saturated rings. The molecule has 0 saturated carbocycles. The fraction of sp³-hybridized carbons (Fsp3) is 0.421. The highest BCUT2D eigenvalue weighted by Gasteiger charge is 2.34. The van der Waals surface area contributed by atoms with Crippen molar-refractivity contribution in [3.63, 3.8) is 0 Å². The maximum Gasteiger partial charge on any atom is 0.220 e. The molecular weight excluding hydrogens is 335 g/mol. The standard InChI is InChI=1S/C19H23FN4O2/c20-16-5-6-17(22-12-16)24-10-2-8-19(26,14-24)13-23-18(25)7-4-15-3-1-9-21-11-15/h1,3,5-6,9,11-12,26H,2,4,7-8,10,13-14H2,(H,23,25). The van der Waals surface area contributed by atoms with Crippen molar-refractivity contribution in [3.8, 4) is 0 Å². The topological polar surface area (TPSA) is 78.3 Å². The van der Waals surface area contributed by atoms with E-state index in [2.05, 4.69) is 15.3 Å². The number of piperidine rings is 1. The number of anilines is 1. The zero-order valence-electron chi connectivity index (χ0n) is 14.6. The van der Waals surface area contributed by atoms with Crippen molar-refractivity contribution < 1.29 is 14.3 Å². The van der Waals surface area contributed by atoms with Crippen LogP contribution in [0.25, 0.3) is 0 Å². The molecule has 1 unspecified atom stereocenters. The Labute approximate surface area is 152 Å². The number of hydrogen-bond donors (Lipinski definition) is 2. The summed E-state index contributed by atoms with van der Waals surface area (Å²) in [5.74, 6) is 0.147. The average molecular weight is 358 g/mol. The summed E-state index contributed by atoms with van der Waals surface area (Å²) in [6.07, 6.45) is 6.96. The molecule has 3 rings (SSSR count). The molecule has 1 aliphatic rings. The van der Waals surface area contributed by atoms with Gasteiger partial charge in [-0.15, -0.1) is 0 Å². The third-order valence-electron chi connectivity index (χ3n) is 4.57. The molecule has 3 heterocycles. The van der Waals surface area contributed by atoms with Crippen LogP contribution < -0.4 is 10.2 Å². The van der Waals surface area contributed by atoms with Crippen LogP contribution in [-0.2, 0) is 11.2 Å². The lowest BCUT2D eigenvalue weighted by Gasteiger charge is -2.39. The van der Waals surface area contributed by atoms with Crippen LogP contribution in [0.3, 0.4) is 0 Å². The zero-order valence-corrected chi connectivity index (χ0v) is 14.6. The van der Waals surface area contributed by atoms with Crippen LogP contribution >= 0.6 is 0 Å². The van der Waals surface area contributed by atoms with Gasteiger partial charge in [-0.2, -0.15) is 0 Å². The molecule has 26 heavy (non-hydrogen) atoms. The van der Waals surface area contributed by atoms with Crippen LogP contribution in [0.15, 0.2) is 42.9 Å². The molecule has 1 amide bonds. The maximum atomic E-state index is 13.0. The van der Waals surface area contributed by atoms with Gasteiger partial charge in [0.2, 0.25) is 5.91 Å². The SMILES string of the molecule is O=C(CCc1cccnc1)NCC1(O)CCCN(c2ccc(F)cn2)C1. The monoisotopic (exact) mass is 358 g/mol. The second kappa shape index (κ2) is 8.23. The van der Waals surface area contributed by atoms with Crippen LogP contribution in [0.1, 0.15) is 24.8 Å². The molecule has 0 radical (unpaired) electrons. The second-order valence-corrected chi connectivity index (χ2v) is 6.72. The summed E-state index contributed by atoms with van der Waals surface area (Å²) >= 11 is 0. The van der Waals surface area contributed by atoms with Crippen LogP contribution in [0.2, 0.25) is 0 Å². The van der Waals surface area contributed by atoms with Crippen molar-refractivity contribution in [2.45, 2.75) is 31.3 Å². The number of aryl methyl sites for hydroxylation is 1. The summed E-state index contributed by atoms with van der Waals surface area (Å²) in [5.41, 5.74) is -0.00857. The molecule has 0 spiro atoms. The lowest BCUT2D eigenvalue weighted by molar-refractivity contribution is -0.122. The zero-order chi connectivity index (χ0) is 18.4. The molecule has 2 aromatic heterocycles. The first-order valence-electron chi connectivity index (χ1n) is 8.79. The Balaban J connectivity index is 1.50. The molecule has 0 bridgehead atoms. The predicted octanol–water partition coefficient (Wildman–Crippen LogP) is 1.70. The van der Waals surface area contributed by atoms with E-state index < -0.39 is 5.60 Å². The van der Waals surface area contributed by atoms with Gasteiger partial charge in [0.05, 0.1) is 11.8 Å². The molecular formula is C19H23FN4O2. The van der Waals surface area contributed by atoms with E-state index >= 15 is 0 Å². The molecule has 1 atom stereocenters. The van der Waals surface area contributed by atoms with Crippen molar-refractivity contribution in [1.82, 2.24) is 15.3 Å². The molecule has 1 saturated heterocycles. The van der Waals surface area contributed by atoms with Gasteiger partial charge in [0.25, 0.3) is 0 Å². The van der Waals surface area contributed by atoms with Gasteiger partial charge in [0.1, 0.15) is 11.6 Å². The Morgan fingerprint density at radius 1 is 1.35 bits per heavy atom. The third kappa shape index (κ3) is 4.98. The summed E-state index contributed by atoms with van der Waals surface area (Å²) in [5, 5.41) is 13.7. The summed E-state index contributed by atoms with van der Waals surface area (Å²) < 4.78 is 13.0. The van der Waals surface area contributed by atoms with Crippen LogP contribution in [0.5, 0.6) is 0 Å². The Morgan fingerprint density at radius 2 is 2.23 bits per heavy atom. The Morgan fingerprint density at radius 3 is 2.96 bits per heavy atom. The summed E-state index contributed by atoms with van der Waals surface area (Å²) in [7, 11) is 0. The largest absolute Gasteiger partial charge is 0.386 e. The van der Waals surface area contributed by atoms with Crippen molar-refractivity contribution in [3.05, 3.63) is 54.2 Å². The van der Waals surface area contributed by atoms with Crippen molar-refractivity contribution in [2.24, 2.45) is 0 Å². The molecule has 0 aromatic carbocycles. The quantitative estimate of drug-likeness (QED) is 0.822. The number of halogens is 1. The number of β-amino-alcohol motifs (C(OH)–C–C–N with tert-alkyl or cyclic N) is 1. The number of carbonyl (C=O) groups is 1. The molecule has 1 aliphatic heterocycles. The van der Waals surface area contributed by atoms with Crippen LogP contribution in [0.4, 0.5) is 10.2 Å². The number of nitrogens with one attached hydrogen (secondary N) is 1. The smallest absolute Gasteiger partial charge is 0.220 e. The lowest BCUT2D eigenvalue weighted by atomic mass is 9.92. The van der Waals surface area contributed by atoms with Gasteiger partial charge in [0.15, 0.2) is 0 Å². The second-order valence-electron chi connectivity index (χ2n) is 6.72.